The Bertz CT molecular complexity index is 514. The molecule has 1 aromatic heterocycles. The number of carbonyl (C=O) groups excluding carboxylic acids is 1. The summed E-state index contributed by atoms with van der Waals surface area (Å²) in [6.07, 6.45) is 0. The van der Waals surface area contributed by atoms with Gasteiger partial charge in [-0.25, -0.2) is 4.79 Å². The zero-order valence-electron chi connectivity index (χ0n) is 10.5. The van der Waals surface area contributed by atoms with E-state index in [0.29, 0.717) is 6.54 Å². The summed E-state index contributed by atoms with van der Waals surface area (Å²) < 4.78 is 0. The molecule has 94 valence electrons. The number of amides is 2. The molecular weight excluding hydrogens is 244 g/mol. The van der Waals surface area contributed by atoms with Gasteiger partial charge in [0.2, 0.25) is 0 Å². The van der Waals surface area contributed by atoms with Crippen molar-refractivity contribution >= 4 is 23.1 Å². The number of carbonyl (C=O) groups is 1. The number of benzene rings is 1. The molecular formula is C14H16N2OS. The first kappa shape index (κ1) is 12.6. The van der Waals surface area contributed by atoms with Gasteiger partial charge in [-0.1, -0.05) is 12.1 Å². The normalized spacial score (nSPS) is 10.1. The Balaban J connectivity index is 1.90. The zero-order valence-corrected chi connectivity index (χ0v) is 11.3. The van der Waals surface area contributed by atoms with E-state index >= 15 is 0 Å². The highest BCUT2D eigenvalue weighted by molar-refractivity contribution is 7.09. The predicted molar refractivity (Wildman–Crippen MR) is 76.1 cm³/mol. The third-order valence-electron chi connectivity index (χ3n) is 2.48. The van der Waals surface area contributed by atoms with E-state index in [4.69, 9.17) is 0 Å². The quantitative estimate of drug-likeness (QED) is 0.868. The van der Waals surface area contributed by atoms with Crippen LogP contribution in [0.5, 0.6) is 0 Å². The van der Waals surface area contributed by atoms with Gasteiger partial charge in [0, 0.05) is 10.6 Å². The molecule has 0 fully saturated rings. The summed E-state index contributed by atoms with van der Waals surface area (Å²) in [7, 11) is 0. The Morgan fingerprint density at radius 3 is 2.56 bits per heavy atom. The number of aryl methyl sites for hydroxylation is 2. The second kappa shape index (κ2) is 5.69. The number of hydrogen-bond donors (Lipinski definition) is 2. The monoisotopic (exact) mass is 260 g/mol. The first-order valence-corrected chi connectivity index (χ1v) is 6.67. The van der Waals surface area contributed by atoms with Crippen LogP contribution in [0.1, 0.15) is 16.0 Å². The van der Waals surface area contributed by atoms with E-state index in [1.165, 1.54) is 0 Å². The minimum Gasteiger partial charge on any atom is -0.333 e. The molecule has 2 rings (SSSR count). The van der Waals surface area contributed by atoms with Crippen molar-refractivity contribution in [3.05, 3.63) is 51.7 Å². The zero-order chi connectivity index (χ0) is 13.0. The molecule has 0 aliphatic rings. The number of nitrogens with one attached hydrogen (secondary N) is 2. The predicted octanol–water partition coefficient (Wildman–Crippen LogP) is 3.69. The van der Waals surface area contributed by atoms with Crippen LogP contribution in [0, 0.1) is 13.8 Å². The van der Waals surface area contributed by atoms with Gasteiger partial charge in [-0.3, -0.25) is 0 Å². The summed E-state index contributed by atoms with van der Waals surface area (Å²) >= 11 is 1.63. The topological polar surface area (TPSA) is 41.1 Å². The van der Waals surface area contributed by atoms with Crippen molar-refractivity contribution in [1.82, 2.24) is 5.32 Å². The molecule has 2 aromatic rings. The minimum atomic E-state index is -0.173. The smallest absolute Gasteiger partial charge is 0.319 e. The lowest BCUT2D eigenvalue weighted by molar-refractivity contribution is 0.252. The molecule has 0 saturated heterocycles. The maximum absolute atomic E-state index is 11.7. The van der Waals surface area contributed by atoms with Gasteiger partial charge in [-0.2, -0.15) is 0 Å². The lowest BCUT2D eigenvalue weighted by Gasteiger charge is -2.08. The van der Waals surface area contributed by atoms with Gasteiger partial charge < -0.3 is 10.6 Å². The van der Waals surface area contributed by atoms with E-state index in [1.54, 1.807) is 11.3 Å². The van der Waals surface area contributed by atoms with E-state index in [1.807, 2.05) is 43.5 Å². The molecule has 0 atom stereocenters. The molecule has 18 heavy (non-hydrogen) atoms. The summed E-state index contributed by atoms with van der Waals surface area (Å²) in [6, 6.07) is 9.79. The second-order valence-electron chi connectivity index (χ2n) is 4.26. The highest BCUT2D eigenvalue weighted by Crippen LogP contribution is 2.13. The fourth-order valence-electron chi connectivity index (χ4n) is 1.80. The van der Waals surface area contributed by atoms with Crippen LogP contribution in [-0.2, 0) is 6.54 Å². The van der Waals surface area contributed by atoms with Crippen molar-refractivity contribution in [1.29, 1.82) is 0 Å². The molecule has 0 bridgehead atoms. The van der Waals surface area contributed by atoms with Crippen molar-refractivity contribution in [2.24, 2.45) is 0 Å². The van der Waals surface area contributed by atoms with Crippen LogP contribution in [0.4, 0.5) is 10.5 Å². The van der Waals surface area contributed by atoms with Gasteiger partial charge in [-0.15, -0.1) is 11.3 Å². The molecule has 1 aromatic carbocycles. The third kappa shape index (κ3) is 3.60. The first-order valence-electron chi connectivity index (χ1n) is 5.79. The van der Waals surface area contributed by atoms with Crippen LogP contribution in [-0.4, -0.2) is 6.03 Å². The molecule has 0 aliphatic heterocycles. The summed E-state index contributed by atoms with van der Waals surface area (Å²) in [5.74, 6) is 0. The van der Waals surface area contributed by atoms with Crippen LogP contribution in [0.25, 0.3) is 0 Å². The maximum atomic E-state index is 11.7. The van der Waals surface area contributed by atoms with Crippen molar-refractivity contribution in [3.8, 4) is 0 Å². The standard InChI is InChI=1S/C14H16N2OS/c1-10-6-11(2)8-12(7-10)16-14(17)15-9-13-4-3-5-18-13/h3-8H,9H2,1-2H3,(H2,15,16,17). The van der Waals surface area contributed by atoms with Gasteiger partial charge in [0.15, 0.2) is 0 Å². The number of rotatable bonds is 3. The Labute approximate surface area is 111 Å². The molecule has 4 heteroatoms. The average Bonchev–Trinajstić information content (AvgIpc) is 2.77. The lowest BCUT2D eigenvalue weighted by atomic mass is 10.1. The van der Waals surface area contributed by atoms with Crippen LogP contribution in [0.15, 0.2) is 35.7 Å². The van der Waals surface area contributed by atoms with Gasteiger partial charge in [0.05, 0.1) is 6.54 Å². The van der Waals surface area contributed by atoms with E-state index in [9.17, 15) is 4.79 Å². The molecule has 0 spiro atoms. The Kier molecular flexibility index (Phi) is 3.99. The van der Waals surface area contributed by atoms with Crippen LogP contribution < -0.4 is 10.6 Å². The molecule has 2 N–H and O–H groups in total. The van der Waals surface area contributed by atoms with Gasteiger partial charge in [-0.05, 0) is 48.6 Å². The van der Waals surface area contributed by atoms with E-state index in [-0.39, 0.29) is 6.03 Å². The molecule has 2 amide bonds. The lowest BCUT2D eigenvalue weighted by Crippen LogP contribution is -2.27. The Morgan fingerprint density at radius 1 is 1.22 bits per heavy atom. The van der Waals surface area contributed by atoms with Crippen molar-refractivity contribution < 1.29 is 4.79 Å². The van der Waals surface area contributed by atoms with Gasteiger partial charge in [0.25, 0.3) is 0 Å². The second-order valence-corrected chi connectivity index (χ2v) is 5.30. The van der Waals surface area contributed by atoms with Crippen molar-refractivity contribution in [2.75, 3.05) is 5.32 Å². The summed E-state index contributed by atoms with van der Waals surface area (Å²) in [4.78, 5) is 12.9. The van der Waals surface area contributed by atoms with E-state index in [2.05, 4.69) is 16.7 Å². The largest absolute Gasteiger partial charge is 0.333 e. The molecule has 3 nitrogen and oxygen atoms in total. The summed E-state index contributed by atoms with van der Waals surface area (Å²) in [5.41, 5.74) is 3.11. The fourth-order valence-corrected chi connectivity index (χ4v) is 2.45. The number of urea groups is 1. The number of anilines is 1. The third-order valence-corrected chi connectivity index (χ3v) is 3.36. The average molecular weight is 260 g/mol. The van der Waals surface area contributed by atoms with Crippen LogP contribution in [0.2, 0.25) is 0 Å². The number of thiophene rings is 1. The van der Waals surface area contributed by atoms with Crippen molar-refractivity contribution in [3.63, 3.8) is 0 Å². The molecule has 1 heterocycles. The fraction of sp³-hybridized carbons (Fsp3) is 0.214. The van der Waals surface area contributed by atoms with Crippen molar-refractivity contribution in [2.45, 2.75) is 20.4 Å². The minimum absolute atomic E-state index is 0.173. The van der Waals surface area contributed by atoms with Gasteiger partial charge in [0.1, 0.15) is 0 Å². The van der Waals surface area contributed by atoms with Crippen LogP contribution in [0.3, 0.4) is 0 Å². The summed E-state index contributed by atoms with van der Waals surface area (Å²) in [5, 5.41) is 7.67. The highest BCUT2D eigenvalue weighted by atomic mass is 32.1. The van der Waals surface area contributed by atoms with E-state index in [0.717, 1.165) is 21.7 Å². The van der Waals surface area contributed by atoms with E-state index < -0.39 is 0 Å². The van der Waals surface area contributed by atoms with Crippen LogP contribution >= 0.6 is 11.3 Å². The summed E-state index contributed by atoms with van der Waals surface area (Å²) in [6.45, 7) is 4.60. The number of hydrogen-bond acceptors (Lipinski definition) is 2. The highest BCUT2D eigenvalue weighted by Gasteiger charge is 2.03. The molecule has 0 aliphatic carbocycles. The van der Waals surface area contributed by atoms with Gasteiger partial charge >= 0.3 is 6.03 Å². The maximum Gasteiger partial charge on any atom is 0.319 e. The Hall–Kier alpha value is -1.81. The SMILES string of the molecule is Cc1cc(C)cc(NC(=O)NCc2cccs2)c1. The Morgan fingerprint density at radius 2 is 1.94 bits per heavy atom. The first-order chi connectivity index (χ1) is 8.63. The molecule has 0 saturated carbocycles. The molecule has 0 radical (unpaired) electrons. The molecule has 0 unspecified atom stereocenters.